The Bertz CT molecular complexity index is 286. The first-order valence-electron chi connectivity index (χ1n) is 6.08. The summed E-state index contributed by atoms with van der Waals surface area (Å²) in [5.74, 6) is -2.72. The van der Waals surface area contributed by atoms with Gasteiger partial charge in [0.1, 0.15) is 5.60 Å². The third kappa shape index (κ3) is 7.66. The normalized spacial score (nSPS) is 11.1. The van der Waals surface area contributed by atoms with Crippen LogP contribution in [0.25, 0.3) is 0 Å². The van der Waals surface area contributed by atoms with Crippen molar-refractivity contribution in [3.8, 4) is 0 Å². The zero-order valence-corrected chi connectivity index (χ0v) is 11.2. The Labute approximate surface area is 103 Å². The molecule has 4 heteroatoms. The Morgan fingerprint density at radius 1 is 1.00 bits per heavy atom. The van der Waals surface area contributed by atoms with Gasteiger partial charge in [-0.3, -0.25) is 9.59 Å². The summed E-state index contributed by atoms with van der Waals surface area (Å²) in [7, 11) is 0. The molecule has 0 radical (unpaired) electrons. The summed E-state index contributed by atoms with van der Waals surface area (Å²) in [5.41, 5.74) is -0.741. The van der Waals surface area contributed by atoms with E-state index in [1.165, 1.54) is 0 Å². The average Bonchev–Trinajstić information content (AvgIpc) is 2.20. The van der Waals surface area contributed by atoms with E-state index in [1.807, 2.05) is 0 Å². The molecule has 0 atom stereocenters. The van der Waals surface area contributed by atoms with Gasteiger partial charge in [-0.05, 0) is 27.2 Å². The minimum Gasteiger partial charge on any atom is -0.454 e. The monoisotopic (exact) mass is 242 g/mol. The molecule has 98 valence electrons. The molecule has 0 fully saturated rings. The fraction of sp³-hybridized carbons (Fsp3) is 0.769. The number of esters is 1. The van der Waals surface area contributed by atoms with E-state index in [1.54, 1.807) is 20.8 Å². The zero-order chi connectivity index (χ0) is 13.5. The largest absolute Gasteiger partial charge is 0.454 e. The summed E-state index contributed by atoms with van der Waals surface area (Å²) in [4.78, 5) is 34.0. The zero-order valence-electron chi connectivity index (χ0n) is 11.2. The first-order chi connectivity index (χ1) is 7.78. The van der Waals surface area contributed by atoms with E-state index in [9.17, 15) is 14.4 Å². The number of unbranched alkanes of at least 4 members (excludes halogenated alkanes) is 3. The minimum atomic E-state index is -1.04. The third-order valence-corrected chi connectivity index (χ3v) is 2.09. The van der Waals surface area contributed by atoms with Crippen molar-refractivity contribution in [2.45, 2.75) is 65.4 Å². The number of ether oxygens (including phenoxy) is 1. The molecule has 0 unspecified atom stereocenters. The highest BCUT2D eigenvalue weighted by Gasteiger charge is 2.27. The molecule has 0 aliphatic rings. The van der Waals surface area contributed by atoms with Crippen molar-refractivity contribution in [2.75, 3.05) is 0 Å². The molecule has 0 heterocycles. The number of hydrogen-bond donors (Lipinski definition) is 0. The van der Waals surface area contributed by atoms with Crippen LogP contribution in [0.4, 0.5) is 0 Å². The summed E-state index contributed by atoms with van der Waals surface area (Å²) in [5, 5.41) is 0. The third-order valence-electron chi connectivity index (χ3n) is 2.09. The van der Waals surface area contributed by atoms with Crippen LogP contribution in [0.5, 0.6) is 0 Å². The van der Waals surface area contributed by atoms with Gasteiger partial charge >= 0.3 is 11.8 Å². The molecule has 0 saturated heterocycles. The van der Waals surface area contributed by atoms with Gasteiger partial charge in [0.15, 0.2) is 0 Å². The maximum atomic E-state index is 11.4. The van der Waals surface area contributed by atoms with E-state index in [2.05, 4.69) is 6.92 Å². The number of ketones is 2. The predicted octanol–water partition coefficient (Wildman–Crippen LogP) is 2.44. The van der Waals surface area contributed by atoms with E-state index >= 15 is 0 Å². The molecule has 0 aromatic rings. The molecule has 0 aromatic carbocycles. The van der Waals surface area contributed by atoms with Crippen LogP contribution in [0.2, 0.25) is 0 Å². The van der Waals surface area contributed by atoms with Crippen molar-refractivity contribution in [3.05, 3.63) is 0 Å². The van der Waals surface area contributed by atoms with Gasteiger partial charge in [-0.25, -0.2) is 4.79 Å². The molecule has 0 aliphatic heterocycles. The molecule has 0 rings (SSSR count). The highest BCUT2D eigenvalue weighted by molar-refractivity contribution is 6.62. The highest BCUT2D eigenvalue weighted by Crippen LogP contribution is 2.09. The van der Waals surface area contributed by atoms with Crippen molar-refractivity contribution in [3.63, 3.8) is 0 Å². The van der Waals surface area contributed by atoms with Crippen molar-refractivity contribution < 1.29 is 19.1 Å². The summed E-state index contributed by atoms with van der Waals surface area (Å²) in [6.07, 6.45) is 3.80. The van der Waals surface area contributed by atoms with Gasteiger partial charge in [0.2, 0.25) is 5.78 Å². The Morgan fingerprint density at radius 2 is 1.59 bits per heavy atom. The number of Topliss-reactive ketones (excluding diaryl/α,β-unsaturated/α-hetero) is 2. The molecule has 0 aliphatic carbocycles. The molecule has 0 aromatic heterocycles. The SMILES string of the molecule is CCCCCCC(=O)C(=O)C(=O)OC(C)(C)C. The fourth-order valence-electron chi connectivity index (χ4n) is 1.26. The minimum absolute atomic E-state index is 0.137. The van der Waals surface area contributed by atoms with E-state index < -0.39 is 23.1 Å². The molecule has 0 N–H and O–H groups in total. The molecule has 0 spiro atoms. The van der Waals surface area contributed by atoms with Crippen LogP contribution < -0.4 is 0 Å². The molecule has 0 amide bonds. The lowest BCUT2D eigenvalue weighted by molar-refractivity contribution is -0.164. The van der Waals surface area contributed by atoms with Crippen molar-refractivity contribution >= 4 is 17.5 Å². The molecular weight excluding hydrogens is 220 g/mol. The lowest BCUT2D eigenvalue weighted by Crippen LogP contribution is -2.32. The molecule has 17 heavy (non-hydrogen) atoms. The maximum Gasteiger partial charge on any atom is 0.383 e. The summed E-state index contributed by atoms with van der Waals surface area (Å²) in [6, 6.07) is 0. The standard InChI is InChI=1S/C13H22O4/c1-5-6-7-8-9-10(14)11(15)12(16)17-13(2,3)4/h5-9H2,1-4H3. The first kappa shape index (κ1) is 15.8. The second-order valence-electron chi connectivity index (χ2n) is 5.06. The van der Waals surface area contributed by atoms with Crippen LogP contribution in [0.15, 0.2) is 0 Å². The molecule has 0 bridgehead atoms. The van der Waals surface area contributed by atoms with Crippen LogP contribution >= 0.6 is 0 Å². The van der Waals surface area contributed by atoms with E-state index in [0.29, 0.717) is 6.42 Å². The molecule has 4 nitrogen and oxygen atoms in total. The van der Waals surface area contributed by atoms with E-state index in [-0.39, 0.29) is 6.42 Å². The Morgan fingerprint density at radius 3 is 2.06 bits per heavy atom. The fourth-order valence-corrected chi connectivity index (χ4v) is 1.26. The van der Waals surface area contributed by atoms with Gasteiger partial charge in [-0.15, -0.1) is 0 Å². The van der Waals surface area contributed by atoms with Crippen LogP contribution in [-0.2, 0) is 19.1 Å². The first-order valence-corrected chi connectivity index (χ1v) is 6.08. The van der Waals surface area contributed by atoms with Crippen molar-refractivity contribution in [2.24, 2.45) is 0 Å². The van der Waals surface area contributed by atoms with Gasteiger partial charge in [0.25, 0.3) is 0 Å². The van der Waals surface area contributed by atoms with Gasteiger partial charge < -0.3 is 4.74 Å². The smallest absolute Gasteiger partial charge is 0.383 e. The second-order valence-corrected chi connectivity index (χ2v) is 5.06. The Kier molecular flexibility index (Phi) is 6.69. The number of carbonyl (C=O) groups excluding carboxylic acids is 3. The number of carbonyl (C=O) groups is 3. The van der Waals surface area contributed by atoms with Gasteiger partial charge in [-0.1, -0.05) is 26.2 Å². The van der Waals surface area contributed by atoms with Crippen LogP contribution in [0.1, 0.15) is 59.8 Å². The number of hydrogen-bond acceptors (Lipinski definition) is 4. The van der Waals surface area contributed by atoms with Gasteiger partial charge in [0, 0.05) is 6.42 Å². The Balaban J connectivity index is 4.04. The van der Waals surface area contributed by atoms with Crippen molar-refractivity contribution in [1.82, 2.24) is 0 Å². The lowest BCUT2D eigenvalue weighted by atomic mass is 10.1. The second kappa shape index (κ2) is 7.20. The predicted molar refractivity (Wildman–Crippen MR) is 64.6 cm³/mol. The maximum absolute atomic E-state index is 11.4. The van der Waals surface area contributed by atoms with Crippen LogP contribution in [-0.4, -0.2) is 23.1 Å². The quantitative estimate of drug-likeness (QED) is 0.298. The van der Waals surface area contributed by atoms with Gasteiger partial charge in [-0.2, -0.15) is 0 Å². The lowest BCUT2D eigenvalue weighted by Gasteiger charge is -2.18. The van der Waals surface area contributed by atoms with Gasteiger partial charge in [0.05, 0.1) is 0 Å². The highest BCUT2D eigenvalue weighted by atomic mass is 16.6. The van der Waals surface area contributed by atoms with E-state index in [4.69, 9.17) is 4.74 Å². The van der Waals surface area contributed by atoms with E-state index in [0.717, 1.165) is 19.3 Å². The summed E-state index contributed by atoms with van der Waals surface area (Å²) in [6.45, 7) is 7.03. The Hall–Kier alpha value is -1.19. The molecular formula is C13H22O4. The summed E-state index contributed by atoms with van der Waals surface area (Å²) < 4.78 is 4.84. The van der Waals surface area contributed by atoms with Crippen LogP contribution in [0.3, 0.4) is 0 Å². The van der Waals surface area contributed by atoms with Crippen LogP contribution in [0, 0.1) is 0 Å². The number of rotatable bonds is 7. The summed E-state index contributed by atoms with van der Waals surface area (Å²) >= 11 is 0. The molecule has 0 saturated carbocycles. The average molecular weight is 242 g/mol. The van der Waals surface area contributed by atoms with Crippen molar-refractivity contribution in [1.29, 1.82) is 0 Å². The topological polar surface area (TPSA) is 60.4 Å².